The molecule has 12 heteroatoms. The number of imidazole rings is 1. The molecule has 3 aromatic rings. The lowest BCUT2D eigenvalue weighted by Gasteiger charge is -2.30. The number of alkyl halides is 3. The summed E-state index contributed by atoms with van der Waals surface area (Å²) in [5.41, 5.74) is 1.34. The average Bonchev–Trinajstić information content (AvgIpc) is 3.71. The summed E-state index contributed by atoms with van der Waals surface area (Å²) < 4.78 is 80.4. The van der Waals surface area contributed by atoms with Gasteiger partial charge in [0.2, 0.25) is 5.91 Å². The number of hydrogen-bond donors (Lipinski definition) is 0. The molecule has 0 bridgehead atoms. The highest BCUT2D eigenvalue weighted by Gasteiger charge is 2.36. The van der Waals surface area contributed by atoms with E-state index in [-0.39, 0.29) is 29.5 Å². The maximum absolute atomic E-state index is 13.9. The summed E-state index contributed by atoms with van der Waals surface area (Å²) in [5.74, 6) is -1.83. The zero-order chi connectivity index (χ0) is 30.1. The molecule has 1 amide bonds. The highest BCUT2D eigenvalue weighted by molar-refractivity contribution is 7.91. The topological polar surface area (TPSA) is 96.1 Å². The number of rotatable bonds is 10. The lowest BCUT2D eigenvalue weighted by atomic mass is 10.1. The number of aromatic nitrogens is 2. The molecule has 4 rings (SSSR count). The fourth-order valence-electron chi connectivity index (χ4n) is 4.81. The number of benzene rings is 2. The molecule has 1 aliphatic rings. The second kappa shape index (κ2) is 11.6. The molecular weight excluding hydrogens is 560 g/mol. The minimum Gasteiger partial charge on any atom is -0.331 e. The SMILES string of the molecule is CCS(=O)(=O)CCN(C(=O)Cc1ccc(F)c(C(F)(F)F)c1)C(C)c1nc(C2CC2)c(C)n1-c1ccc(C#N)cc1. The van der Waals surface area contributed by atoms with Gasteiger partial charge in [0.25, 0.3) is 0 Å². The van der Waals surface area contributed by atoms with E-state index in [4.69, 9.17) is 4.98 Å². The van der Waals surface area contributed by atoms with Gasteiger partial charge >= 0.3 is 6.18 Å². The van der Waals surface area contributed by atoms with Crippen molar-refractivity contribution in [2.75, 3.05) is 18.1 Å². The molecule has 0 saturated heterocycles. The van der Waals surface area contributed by atoms with Crippen molar-refractivity contribution in [2.24, 2.45) is 0 Å². The molecule has 1 fully saturated rings. The highest BCUT2D eigenvalue weighted by atomic mass is 32.2. The largest absolute Gasteiger partial charge is 0.419 e. The van der Waals surface area contributed by atoms with Gasteiger partial charge in [-0.3, -0.25) is 9.36 Å². The van der Waals surface area contributed by atoms with Crippen LogP contribution in [0.1, 0.15) is 72.6 Å². The summed E-state index contributed by atoms with van der Waals surface area (Å²) in [5, 5.41) is 9.21. The van der Waals surface area contributed by atoms with Gasteiger partial charge < -0.3 is 4.90 Å². The highest BCUT2D eigenvalue weighted by Crippen LogP contribution is 2.42. The number of nitrogens with zero attached hydrogens (tertiary/aromatic N) is 4. The van der Waals surface area contributed by atoms with Gasteiger partial charge in [0.1, 0.15) is 11.6 Å². The Morgan fingerprint density at radius 2 is 1.85 bits per heavy atom. The number of carbonyl (C=O) groups is 1. The van der Waals surface area contributed by atoms with Gasteiger partial charge in [-0.25, -0.2) is 17.8 Å². The summed E-state index contributed by atoms with van der Waals surface area (Å²) >= 11 is 0. The maximum Gasteiger partial charge on any atom is 0.419 e. The third kappa shape index (κ3) is 6.78. The fourth-order valence-corrected chi connectivity index (χ4v) is 5.57. The first-order chi connectivity index (χ1) is 19.3. The third-order valence-electron chi connectivity index (χ3n) is 7.32. The number of carbonyl (C=O) groups excluding carboxylic acids is 1. The zero-order valence-electron chi connectivity index (χ0n) is 22.9. The van der Waals surface area contributed by atoms with Crippen LogP contribution in [0, 0.1) is 24.1 Å². The lowest BCUT2D eigenvalue weighted by molar-refractivity contribution is -0.140. The van der Waals surface area contributed by atoms with Crippen molar-refractivity contribution >= 4 is 15.7 Å². The Bertz CT molecular complexity index is 1590. The minimum absolute atomic E-state index is 0.0513. The van der Waals surface area contributed by atoms with E-state index in [9.17, 15) is 36.0 Å². The first-order valence-corrected chi connectivity index (χ1v) is 15.0. The molecule has 41 heavy (non-hydrogen) atoms. The van der Waals surface area contributed by atoms with Gasteiger partial charge in [-0.2, -0.15) is 18.4 Å². The van der Waals surface area contributed by atoms with Crippen molar-refractivity contribution in [3.8, 4) is 11.8 Å². The van der Waals surface area contributed by atoms with Crippen molar-refractivity contribution in [2.45, 2.75) is 58.2 Å². The minimum atomic E-state index is -4.94. The summed E-state index contributed by atoms with van der Waals surface area (Å²) in [7, 11) is -3.49. The number of nitriles is 1. The Balaban J connectivity index is 1.75. The predicted molar refractivity (Wildman–Crippen MR) is 145 cm³/mol. The van der Waals surface area contributed by atoms with Gasteiger partial charge in [0, 0.05) is 29.6 Å². The second-order valence-electron chi connectivity index (χ2n) is 10.2. The van der Waals surface area contributed by atoms with E-state index in [0.717, 1.165) is 30.3 Å². The smallest absolute Gasteiger partial charge is 0.331 e. The van der Waals surface area contributed by atoms with Crippen LogP contribution >= 0.6 is 0 Å². The molecule has 0 spiro atoms. The van der Waals surface area contributed by atoms with E-state index < -0.39 is 45.8 Å². The quantitative estimate of drug-likeness (QED) is 0.284. The number of sulfone groups is 1. The van der Waals surface area contributed by atoms with Gasteiger partial charge in [0.15, 0.2) is 9.84 Å². The van der Waals surface area contributed by atoms with Crippen LogP contribution in [0.25, 0.3) is 5.69 Å². The summed E-state index contributed by atoms with van der Waals surface area (Å²) in [6, 6.07) is 10.5. The molecule has 0 N–H and O–H groups in total. The summed E-state index contributed by atoms with van der Waals surface area (Å²) in [6.45, 7) is 4.88. The van der Waals surface area contributed by atoms with Crippen molar-refractivity contribution in [1.29, 1.82) is 5.26 Å². The number of halogens is 4. The Labute approximate surface area is 236 Å². The van der Waals surface area contributed by atoms with E-state index in [1.54, 1.807) is 31.2 Å². The van der Waals surface area contributed by atoms with Crippen LogP contribution in [-0.2, 0) is 27.2 Å². The third-order valence-corrected chi connectivity index (χ3v) is 9.01. The fraction of sp³-hybridized carbons (Fsp3) is 0.414. The molecule has 1 aromatic heterocycles. The van der Waals surface area contributed by atoms with E-state index in [1.165, 1.54) is 11.8 Å². The predicted octanol–water partition coefficient (Wildman–Crippen LogP) is 5.65. The first-order valence-electron chi connectivity index (χ1n) is 13.2. The van der Waals surface area contributed by atoms with Gasteiger partial charge in [-0.15, -0.1) is 0 Å². The Morgan fingerprint density at radius 1 is 1.20 bits per heavy atom. The average molecular weight is 591 g/mol. The van der Waals surface area contributed by atoms with Crippen LogP contribution in [0.4, 0.5) is 17.6 Å². The van der Waals surface area contributed by atoms with Crippen molar-refractivity contribution in [3.05, 3.63) is 82.2 Å². The van der Waals surface area contributed by atoms with Crippen LogP contribution in [0.15, 0.2) is 42.5 Å². The van der Waals surface area contributed by atoms with Crippen molar-refractivity contribution in [3.63, 3.8) is 0 Å². The van der Waals surface area contributed by atoms with Crippen molar-refractivity contribution < 1.29 is 30.8 Å². The Hall–Kier alpha value is -3.72. The lowest BCUT2D eigenvalue weighted by Crippen LogP contribution is -2.39. The molecule has 2 aromatic carbocycles. The molecule has 0 radical (unpaired) electrons. The molecule has 0 aliphatic heterocycles. The summed E-state index contributed by atoms with van der Waals surface area (Å²) in [4.78, 5) is 19.8. The Kier molecular flexibility index (Phi) is 8.59. The maximum atomic E-state index is 13.9. The van der Waals surface area contributed by atoms with Gasteiger partial charge in [-0.05, 0) is 68.7 Å². The normalized spacial score (nSPS) is 14.5. The number of hydrogen-bond acceptors (Lipinski definition) is 5. The molecule has 218 valence electrons. The van der Waals surface area contributed by atoms with E-state index >= 15 is 0 Å². The van der Waals surface area contributed by atoms with E-state index in [0.29, 0.717) is 29.2 Å². The van der Waals surface area contributed by atoms with E-state index in [2.05, 4.69) is 6.07 Å². The molecule has 1 saturated carbocycles. The van der Waals surface area contributed by atoms with Crippen LogP contribution < -0.4 is 0 Å². The number of amides is 1. The second-order valence-corrected chi connectivity index (χ2v) is 12.7. The van der Waals surface area contributed by atoms with Gasteiger partial charge in [-0.1, -0.05) is 13.0 Å². The molecular formula is C29H30F4N4O3S. The first kappa shape index (κ1) is 30.2. The zero-order valence-corrected chi connectivity index (χ0v) is 23.7. The van der Waals surface area contributed by atoms with Crippen LogP contribution in [-0.4, -0.2) is 46.8 Å². The molecule has 1 aliphatic carbocycles. The van der Waals surface area contributed by atoms with Gasteiger partial charge in [0.05, 0.1) is 41.1 Å². The van der Waals surface area contributed by atoms with E-state index in [1.807, 2.05) is 11.5 Å². The summed E-state index contributed by atoms with van der Waals surface area (Å²) in [6.07, 6.45) is -3.51. The van der Waals surface area contributed by atoms with Crippen LogP contribution in [0.2, 0.25) is 0 Å². The Morgan fingerprint density at radius 3 is 2.41 bits per heavy atom. The monoisotopic (exact) mass is 590 g/mol. The molecule has 1 atom stereocenters. The standard InChI is InChI=1S/C29H30F4N4O3S/c1-4-41(39,40)14-13-36(26(38)16-21-7-12-25(30)24(15-21)29(31,32)33)19(3)28-35-27(22-8-9-22)18(2)37(28)23-10-5-20(17-34)6-11-23/h5-7,10-12,15,19,22H,4,8-9,13-14,16H2,1-3H3. The molecule has 7 nitrogen and oxygen atoms in total. The van der Waals surface area contributed by atoms with Crippen LogP contribution in [0.5, 0.6) is 0 Å². The van der Waals surface area contributed by atoms with Crippen molar-refractivity contribution in [1.82, 2.24) is 14.5 Å². The molecule has 1 heterocycles. The van der Waals surface area contributed by atoms with Crippen LogP contribution in [0.3, 0.4) is 0 Å². The molecule has 1 unspecified atom stereocenters.